The van der Waals surface area contributed by atoms with Crippen molar-refractivity contribution in [2.75, 3.05) is 0 Å². The summed E-state index contributed by atoms with van der Waals surface area (Å²) in [4.78, 5) is 16.8. The van der Waals surface area contributed by atoms with E-state index in [1.807, 2.05) is 0 Å². The Morgan fingerprint density at radius 3 is 2.40 bits per heavy atom. The number of halogens is 2. The van der Waals surface area contributed by atoms with Gasteiger partial charge in [0.1, 0.15) is 9.87 Å². The molecule has 7 heteroatoms. The first-order valence-electron chi connectivity index (χ1n) is 6.80. The molecule has 110 valence electrons. The zero-order chi connectivity index (χ0) is 14.6. The van der Waals surface area contributed by atoms with Crippen LogP contribution in [0.4, 0.5) is 0 Å². The Labute approximate surface area is 127 Å². The summed E-state index contributed by atoms with van der Waals surface area (Å²) in [6.45, 7) is 3.53. The number of carbonyl (C=O) groups is 1. The second-order valence-electron chi connectivity index (χ2n) is 6.09. The van der Waals surface area contributed by atoms with Crippen molar-refractivity contribution in [2.24, 2.45) is 5.41 Å². The van der Waals surface area contributed by atoms with E-state index in [2.05, 4.69) is 15.5 Å². The van der Waals surface area contributed by atoms with Crippen LogP contribution in [0.1, 0.15) is 50.7 Å². The molecule has 0 radical (unpaired) electrons. The molecule has 1 heterocycles. The molecule has 2 aliphatic rings. The normalized spacial score (nSPS) is 30.2. The number of hydrogen-bond acceptors (Lipinski definition) is 4. The van der Waals surface area contributed by atoms with Crippen LogP contribution in [0.25, 0.3) is 0 Å². The summed E-state index contributed by atoms with van der Waals surface area (Å²) < 4.78 is 4.09. The second-order valence-corrected chi connectivity index (χ2v) is 7.58. The first kappa shape index (κ1) is 14.1. The molecule has 1 aromatic rings. The smallest absolute Gasteiger partial charge is 0.229 e. The number of amides is 1. The van der Waals surface area contributed by atoms with Crippen molar-refractivity contribution in [3.05, 3.63) is 11.7 Å². The van der Waals surface area contributed by atoms with Gasteiger partial charge in [0.2, 0.25) is 11.8 Å². The summed E-state index contributed by atoms with van der Waals surface area (Å²) in [5, 5.41) is 7.08. The van der Waals surface area contributed by atoms with E-state index in [4.69, 9.17) is 27.7 Å². The fourth-order valence-corrected chi connectivity index (χ4v) is 3.58. The number of rotatable bonds is 3. The zero-order valence-corrected chi connectivity index (χ0v) is 13.0. The molecule has 5 nitrogen and oxygen atoms in total. The van der Waals surface area contributed by atoms with Crippen LogP contribution < -0.4 is 5.32 Å². The van der Waals surface area contributed by atoms with Crippen LogP contribution >= 0.6 is 23.2 Å². The highest BCUT2D eigenvalue weighted by molar-refractivity contribution is 6.53. The molecule has 2 saturated carbocycles. The van der Waals surface area contributed by atoms with E-state index in [0.29, 0.717) is 18.1 Å². The van der Waals surface area contributed by atoms with Gasteiger partial charge in [-0.15, -0.1) is 23.2 Å². The lowest BCUT2D eigenvalue weighted by Crippen LogP contribution is -2.48. The number of carbonyl (C=O) groups excluding carboxylic acids is 1. The van der Waals surface area contributed by atoms with Crippen molar-refractivity contribution < 1.29 is 9.32 Å². The fourth-order valence-electron chi connectivity index (χ4n) is 2.88. The highest BCUT2D eigenvalue weighted by Gasteiger charge is 2.68. The van der Waals surface area contributed by atoms with E-state index in [-0.39, 0.29) is 5.91 Å². The standard InChI is InChI=1S/C13H17Cl2N3O2/c1-8-16-9(18-20-8)12(5-3-4-6-12)17-10(19)11(2)7-13(11,14)15/h3-7H2,1-2H3,(H,17,19). The van der Waals surface area contributed by atoms with Gasteiger partial charge in [0, 0.05) is 6.92 Å². The molecule has 2 fully saturated rings. The van der Waals surface area contributed by atoms with Crippen molar-refractivity contribution in [1.82, 2.24) is 15.5 Å². The van der Waals surface area contributed by atoms with E-state index >= 15 is 0 Å². The Hall–Kier alpha value is -0.810. The molecule has 1 amide bonds. The number of nitrogens with one attached hydrogen (secondary N) is 1. The molecule has 1 N–H and O–H groups in total. The van der Waals surface area contributed by atoms with Crippen molar-refractivity contribution >= 4 is 29.1 Å². The molecule has 0 saturated heterocycles. The van der Waals surface area contributed by atoms with Gasteiger partial charge >= 0.3 is 0 Å². The third-order valence-corrected chi connectivity index (χ3v) is 5.63. The van der Waals surface area contributed by atoms with Gasteiger partial charge in [-0.3, -0.25) is 4.79 Å². The lowest BCUT2D eigenvalue weighted by molar-refractivity contribution is -0.128. The Morgan fingerprint density at radius 2 is 1.95 bits per heavy atom. The van der Waals surface area contributed by atoms with E-state index in [9.17, 15) is 4.79 Å². The molecule has 2 aliphatic carbocycles. The summed E-state index contributed by atoms with van der Waals surface area (Å²) >= 11 is 12.2. The van der Waals surface area contributed by atoms with Crippen LogP contribution in [-0.4, -0.2) is 20.4 Å². The van der Waals surface area contributed by atoms with Crippen LogP contribution in [0.3, 0.4) is 0 Å². The van der Waals surface area contributed by atoms with Gasteiger partial charge in [0.05, 0.1) is 5.41 Å². The average molecular weight is 318 g/mol. The van der Waals surface area contributed by atoms with Gasteiger partial charge in [0.15, 0.2) is 5.82 Å². The number of nitrogens with zero attached hydrogens (tertiary/aromatic N) is 2. The van der Waals surface area contributed by atoms with E-state index in [1.165, 1.54) is 0 Å². The van der Waals surface area contributed by atoms with Gasteiger partial charge in [0.25, 0.3) is 0 Å². The Bertz CT molecular complexity index is 552. The zero-order valence-electron chi connectivity index (χ0n) is 11.5. The Kier molecular flexibility index (Phi) is 3.07. The quantitative estimate of drug-likeness (QED) is 0.870. The second kappa shape index (κ2) is 4.34. The molecule has 1 atom stereocenters. The summed E-state index contributed by atoms with van der Waals surface area (Å²) in [5.74, 6) is 0.925. The third-order valence-electron chi connectivity index (χ3n) is 4.52. The van der Waals surface area contributed by atoms with Crippen LogP contribution in [0.5, 0.6) is 0 Å². The molecule has 0 aliphatic heterocycles. The minimum Gasteiger partial charge on any atom is -0.343 e. The maximum absolute atomic E-state index is 12.5. The van der Waals surface area contributed by atoms with Crippen LogP contribution in [-0.2, 0) is 10.3 Å². The molecule has 20 heavy (non-hydrogen) atoms. The maximum Gasteiger partial charge on any atom is 0.229 e. The van der Waals surface area contributed by atoms with E-state index in [1.54, 1.807) is 13.8 Å². The summed E-state index contributed by atoms with van der Waals surface area (Å²) in [6, 6.07) is 0. The number of aryl methyl sites for hydroxylation is 1. The van der Waals surface area contributed by atoms with Gasteiger partial charge in [-0.1, -0.05) is 18.0 Å². The highest BCUT2D eigenvalue weighted by Crippen LogP contribution is 2.64. The lowest BCUT2D eigenvalue weighted by Gasteiger charge is -2.28. The largest absolute Gasteiger partial charge is 0.343 e. The number of hydrogen-bond donors (Lipinski definition) is 1. The predicted octanol–water partition coefficient (Wildman–Crippen LogP) is 2.85. The van der Waals surface area contributed by atoms with Gasteiger partial charge < -0.3 is 9.84 Å². The highest BCUT2D eigenvalue weighted by atomic mass is 35.5. The first-order valence-corrected chi connectivity index (χ1v) is 7.56. The van der Waals surface area contributed by atoms with E-state index in [0.717, 1.165) is 25.7 Å². The third kappa shape index (κ3) is 2.02. The molecule has 0 bridgehead atoms. The minimum atomic E-state index is -0.968. The van der Waals surface area contributed by atoms with Crippen LogP contribution in [0, 0.1) is 12.3 Å². The summed E-state index contributed by atoms with van der Waals surface area (Å²) in [7, 11) is 0. The average Bonchev–Trinajstić information content (AvgIpc) is 2.83. The van der Waals surface area contributed by atoms with Crippen molar-refractivity contribution in [1.29, 1.82) is 0 Å². The molecule has 0 spiro atoms. The van der Waals surface area contributed by atoms with Crippen molar-refractivity contribution in [2.45, 2.75) is 55.8 Å². The van der Waals surface area contributed by atoms with Gasteiger partial charge in [-0.2, -0.15) is 4.98 Å². The van der Waals surface area contributed by atoms with Crippen molar-refractivity contribution in [3.8, 4) is 0 Å². The van der Waals surface area contributed by atoms with E-state index < -0.39 is 15.3 Å². The summed E-state index contributed by atoms with van der Waals surface area (Å²) in [5.41, 5.74) is -1.27. The molecular formula is C13H17Cl2N3O2. The topological polar surface area (TPSA) is 68.0 Å². The molecule has 0 aromatic carbocycles. The molecule has 3 rings (SSSR count). The molecule has 1 unspecified atom stereocenters. The maximum atomic E-state index is 12.5. The predicted molar refractivity (Wildman–Crippen MR) is 74.5 cm³/mol. The van der Waals surface area contributed by atoms with Crippen LogP contribution in [0.15, 0.2) is 4.52 Å². The molecule has 1 aromatic heterocycles. The Balaban J connectivity index is 1.84. The lowest BCUT2D eigenvalue weighted by atomic mass is 9.94. The number of alkyl halides is 2. The first-order chi connectivity index (χ1) is 9.29. The fraction of sp³-hybridized carbons (Fsp3) is 0.769. The van der Waals surface area contributed by atoms with Gasteiger partial charge in [-0.05, 0) is 26.2 Å². The van der Waals surface area contributed by atoms with Crippen LogP contribution in [0.2, 0.25) is 0 Å². The number of aromatic nitrogens is 2. The Morgan fingerprint density at radius 1 is 1.35 bits per heavy atom. The SMILES string of the molecule is Cc1nc(C2(NC(=O)C3(C)CC3(Cl)Cl)CCCC2)no1. The summed E-state index contributed by atoms with van der Waals surface area (Å²) in [6.07, 6.45) is 4.14. The van der Waals surface area contributed by atoms with Gasteiger partial charge in [-0.25, -0.2) is 0 Å². The monoisotopic (exact) mass is 317 g/mol. The van der Waals surface area contributed by atoms with Crippen molar-refractivity contribution in [3.63, 3.8) is 0 Å². The minimum absolute atomic E-state index is 0.133. The molecular weight excluding hydrogens is 301 g/mol.